The lowest BCUT2D eigenvalue weighted by molar-refractivity contribution is 0.0509. The molecule has 5 nitrogen and oxygen atoms in total. The molecule has 0 unspecified atom stereocenters. The Morgan fingerprint density at radius 3 is 2.75 bits per heavy atom. The van der Waals surface area contributed by atoms with E-state index in [-0.39, 0.29) is 12.1 Å². The molecule has 0 aromatic heterocycles. The zero-order valence-electron chi connectivity index (χ0n) is 12.3. The third-order valence-corrected chi connectivity index (χ3v) is 3.19. The monoisotopic (exact) mass is 277 g/mol. The summed E-state index contributed by atoms with van der Waals surface area (Å²) in [4.78, 5) is 13.9. The summed E-state index contributed by atoms with van der Waals surface area (Å²) in [7, 11) is 0. The Balaban J connectivity index is 1.90. The van der Waals surface area contributed by atoms with Crippen LogP contribution in [0.1, 0.15) is 27.2 Å². The molecule has 1 atom stereocenters. The Bertz CT molecular complexity index is 482. The van der Waals surface area contributed by atoms with Gasteiger partial charge >= 0.3 is 6.09 Å². The van der Waals surface area contributed by atoms with Crippen LogP contribution in [0.25, 0.3) is 0 Å². The number of alkyl carbamates (subject to hydrolysis) is 1. The van der Waals surface area contributed by atoms with Crippen LogP contribution in [0.3, 0.4) is 0 Å². The Hall–Kier alpha value is -1.91. The maximum atomic E-state index is 11.7. The van der Waals surface area contributed by atoms with Crippen LogP contribution in [0.15, 0.2) is 24.3 Å². The Labute approximate surface area is 120 Å². The summed E-state index contributed by atoms with van der Waals surface area (Å²) >= 11 is 0. The van der Waals surface area contributed by atoms with Crippen LogP contribution < -0.4 is 16.0 Å². The molecule has 5 heteroatoms. The molecule has 0 radical (unpaired) electrons. The lowest BCUT2D eigenvalue weighted by Crippen LogP contribution is -2.40. The first kappa shape index (κ1) is 14.5. The number of hydrogen-bond acceptors (Lipinski definition) is 4. The number of benzene rings is 1. The van der Waals surface area contributed by atoms with Crippen LogP contribution in [0, 0.1) is 0 Å². The number of nitrogens with two attached hydrogens (primary N) is 1. The average molecular weight is 277 g/mol. The number of amides is 1. The molecule has 1 aliphatic heterocycles. The van der Waals surface area contributed by atoms with E-state index in [0.29, 0.717) is 0 Å². The molecule has 1 saturated heterocycles. The molecule has 0 spiro atoms. The fraction of sp³-hybridized carbons (Fsp3) is 0.533. The fourth-order valence-electron chi connectivity index (χ4n) is 2.35. The van der Waals surface area contributed by atoms with Crippen molar-refractivity contribution in [2.24, 2.45) is 0 Å². The summed E-state index contributed by atoms with van der Waals surface area (Å²) < 4.78 is 5.27. The maximum Gasteiger partial charge on any atom is 0.407 e. The zero-order chi connectivity index (χ0) is 14.8. The maximum absolute atomic E-state index is 11.7. The first-order valence-corrected chi connectivity index (χ1v) is 6.94. The van der Waals surface area contributed by atoms with Crippen LogP contribution in [-0.2, 0) is 4.74 Å². The number of hydrogen-bond donors (Lipinski definition) is 2. The minimum Gasteiger partial charge on any atom is -0.444 e. The second-order valence-corrected chi connectivity index (χ2v) is 6.14. The molecule has 0 saturated carbocycles. The molecule has 1 heterocycles. The lowest BCUT2D eigenvalue weighted by Gasteiger charge is -2.23. The summed E-state index contributed by atoms with van der Waals surface area (Å²) in [6.07, 6.45) is 0.540. The molecule has 1 aliphatic rings. The molecular formula is C15H23N3O2. The van der Waals surface area contributed by atoms with Crippen molar-refractivity contribution in [3.63, 3.8) is 0 Å². The molecule has 1 amide bonds. The molecule has 0 aliphatic carbocycles. The lowest BCUT2D eigenvalue weighted by atomic mass is 10.2. The molecule has 110 valence electrons. The highest BCUT2D eigenvalue weighted by atomic mass is 16.6. The van der Waals surface area contributed by atoms with Gasteiger partial charge in [0.15, 0.2) is 0 Å². The molecule has 2 rings (SSSR count). The van der Waals surface area contributed by atoms with Crippen LogP contribution in [0.5, 0.6) is 0 Å². The predicted octanol–water partition coefficient (Wildman–Crippen LogP) is 2.37. The molecule has 0 bridgehead atoms. The van der Waals surface area contributed by atoms with E-state index in [9.17, 15) is 4.79 Å². The van der Waals surface area contributed by atoms with Crippen molar-refractivity contribution in [1.82, 2.24) is 5.32 Å². The van der Waals surface area contributed by atoms with E-state index in [0.717, 1.165) is 30.9 Å². The summed E-state index contributed by atoms with van der Waals surface area (Å²) in [5.41, 5.74) is 7.31. The molecule has 1 aromatic carbocycles. The summed E-state index contributed by atoms with van der Waals surface area (Å²) in [6.45, 7) is 7.22. The van der Waals surface area contributed by atoms with Gasteiger partial charge in [-0.2, -0.15) is 0 Å². The van der Waals surface area contributed by atoms with E-state index < -0.39 is 5.60 Å². The fourth-order valence-corrected chi connectivity index (χ4v) is 2.35. The predicted molar refractivity (Wildman–Crippen MR) is 80.8 cm³/mol. The number of rotatable bonds is 2. The van der Waals surface area contributed by atoms with E-state index in [2.05, 4.69) is 10.2 Å². The Morgan fingerprint density at radius 1 is 1.40 bits per heavy atom. The van der Waals surface area contributed by atoms with Gasteiger partial charge in [0.05, 0.1) is 17.4 Å². The first-order valence-electron chi connectivity index (χ1n) is 6.94. The SMILES string of the molecule is CC(C)(C)OC(=O)N[C@@H]1CCN(c2ccccc2N)C1. The van der Waals surface area contributed by atoms with Gasteiger partial charge in [-0.25, -0.2) is 4.79 Å². The van der Waals surface area contributed by atoms with Gasteiger partial charge in [-0.1, -0.05) is 12.1 Å². The van der Waals surface area contributed by atoms with E-state index >= 15 is 0 Å². The van der Waals surface area contributed by atoms with Crippen molar-refractivity contribution in [3.8, 4) is 0 Å². The van der Waals surface area contributed by atoms with E-state index in [4.69, 9.17) is 10.5 Å². The largest absolute Gasteiger partial charge is 0.444 e. The highest BCUT2D eigenvalue weighted by molar-refractivity contribution is 5.70. The summed E-state index contributed by atoms with van der Waals surface area (Å²) in [6, 6.07) is 7.89. The minimum absolute atomic E-state index is 0.101. The van der Waals surface area contributed by atoms with Crippen molar-refractivity contribution in [2.45, 2.75) is 38.8 Å². The highest BCUT2D eigenvalue weighted by Crippen LogP contribution is 2.26. The van der Waals surface area contributed by atoms with Gasteiger partial charge in [0.1, 0.15) is 5.60 Å². The van der Waals surface area contributed by atoms with E-state index in [1.165, 1.54) is 0 Å². The Morgan fingerprint density at radius 2 is 2.10 bits per heavy atom. The molecule has 20 heavy (non-hydrogen) atoms. The van der Waals surface area contributed by atoms with Gasteiger partial charge in [0, 0.05) is 13.1 Å². The third kappa shape index (κ3) is 3.79. The van der Waals surface area contributed by atoms with Gasteiger partial charge in [0.25, 0.3) is 0 Å². The number of carbonyl (C=O) groups excluding carboxylic acids is 1. The molecule has 1 aromatic rings. The van der Waals surface area contributed by atoms with Gasteiger partial charge in [0.2, 0.25) is 0 Å². The minimum atomic E-state index is -0.466. The zero-order valence-corrected chi connectivity index (χ0v) is 12.3. The Kier molecular flexibility index (Phi) is 4.06. The first-order chi connectivity index (χ1) is 9.35. The van der Waals surface area contributed by atoms with Crippen molar-refractivity contribution in [1.29, 1.82) is 0 Å². The summed E-state index contributed by atoms with van der Waals surface area (Å²) in [5, 5.41) is 2.91. The second-order valence-electron chi connectivity index (χ2n) is 6.14. The van der Waals surface area contributed by atoms with E-state index in [1.807, 2.05) is 45.0 Å². The van der Waals surface area contributed by atoms with Gasteiger partial charge in [-0.3, -0.25) is 0 Å². The van der Waals surface area contributed by atoms with Crippen molar-refractivity contribution in [2.75, 3.05) is 23.7 Å². The number of nitrogen functional groups attached to an aromatic ring is 1. The van der Waals surface area contributed by atoms with Crippen molar-refractivity contribution < 1.29 is 9.53 Å². The molecule has 3 N–H and O–H groups in total. The van der Waals surface area contributed by atoms with Crippen LogP contribution >= 0.6 is 0 Å². The third-order valence-electron chi connectivity index (χ3n) is 3.19. The van der Waals surface area contributed by atoms with Crippen LogP contribution in [0.2, 0.25) is 0 Å². The second kappa shape index (κ2) is 5.61. The van der Waals surface area contributed by atoms with E-state index in [1.54, 1.807) is 0 Å². The highest BCUT2D eigenvalue weighted by Gasteiger charge is 2.26. The number of nitrogens with one attached hydrogen (secondary N) is 1. The van der Waals surface area contributed by atoms with Gasteiger partial charge in [-0.15, -0.1) is 0 Å². The van der Waals surface area contributed by atoms with Crippen molar-refractivity contribution in [3.05, 3.63) is 24.3 Å². The number of carbonyl (C=O) groups is 1. The number of anilines is 2. The van der Waals surface area contributed by atoms with Crippen molar-refractivity contribution >= 4 is 17.5 Å². The number of ether oxygens (including phenoxy) is 1. The summed E-state index contributed by atoms with van der Waals surface area (Å²) in [5.74, 6) is 0. The number of nitrogens with zero attached hydrogens (tertiary/aromatic N) is 1. The smallest absolute Gasteiger partial charge is 0.407 e. The average Bonchev–Trinajstić information content (AvgIpc) is 2.75. The van der Waals surface area contributed by atoms with Gasteiger partial charge in [-0.05, 0) is 39.3 Å². The van der Waals surface area contributed by atoms with Crippen LogP contribution in [0.4, 0.5) is 16.2 Å². The number of para-hydroxylation sites is 2. The molecule has 1 fully saturated rings. The standard InChI is InChI=1S/C15H23N3O2/c1-15(2,3)20-14(19)17-11-8-9-18(10-11)13-7-5-4-6-12(13)16/h4-7,11H,8-10,16H2,1-3H3,(H,17,19)/t11-/m1/s1. The van der Waals surface area contributed by atoms with Crippen LogP contribution in [-0.4, -0.2) is 30.8 Å². The quantitative estimate of drug-likeness (QED) is 0.814. The molecular weight excluding hydrogens is 254 g/mol. The van der Waals surface area contributed by atoms with Gasteiger partial charge < -0.3 is 20.7 Å². The topological polar surface area (TPSA) is 67.6 Å². The normalized spacial score (nSPS) is 18.9.